The minimum atomic E-state index is 0.605. The normalized spacial score (nSPS) is 21.8. The average Bonchev–Trinajstić information content (AvgIpc) is 2.68. The maximum absolute atomic E-state index is 6.10. The van der Waals surface area contributed by atoms with E-state index >= 15 is 0 Å². The van der Waals surface area contributed by atoms with E-state index in [1.54, 1.807) is 6.07 Å². The van der Waals surface area contributed by atoms with Crippen LogP contribution >= 0.6 is 23.2 Å². The lowest BCUT2D eigenvalue weighted by Crippen LogP contribution is -2.49. The number of nitrogens with zero attached hydrogens (tertiary/aromatic N) is 5. The van der Waals surface area contributed by atoms with Crippen LogP contribution in [-0.4, -0.2) is 72.9 Å². The molecule has 7 heteroatoms. The Morgan fingerprint density at radius 3 is 2.36 bits per heavy atom. The summed E-state index contributed by atoms with van der Waals surface area (Å²) >= 11 is 12.2. The first-order valence-corrected chi connectivity index (χ1v) is 10.8. The zero-order valence-electron chi connectivity index (χ0n) is 16.3. The summed E-state index contributed by atoms with van der Waals surface area (Å²) in [5.74, 6) is 1.75. The molecule has 0 aliphatic carbocycles. The maximum atomic E-state index is 6.10. The highest BCUT2D eigenvalue weighted by Crippen LogP contribution is 2.26. The van der Waals surface area contributed by atoms with Gasteiger partial charge in [-0.25, -0.2) is 0 Å². The van der Waals surface area contributed by atoms with Crippen LogP contribution in [0.3, 0.4) is 0 Å². The van der Waals surface area contributed by atoms with Gasteiger partial charge in [0.2, 0.25) is 0 Å². The van der Waals surface area contributed by atoms with E-state index in [9.17, 15) is 0 Å². The lowest BCUT2D eigenvalue weighted by molar-refractivity contribution is 0.147. The van der Waals surface area contributed by atoms with E-state index in [1.165, 1.54) is 32.5 Å². The first kappa shape index (κ1) is 19.9. The lowest BCUT2D eigenvalue weighted by atomic mass is 9.97. The van der Waals surface area contributed by atoms with Gasteiger partial charge in [-0.2, -0.15) is 0 Å². The summed E-state index contributed by atoms with van der Waals surface area (Å²) in [5, 5.41) is 10.1. The number of piperidine rings is 1. The molecule has 1 aromatic carbocycles. The first-order chi connectivity index (χ1) is 13.6. The smallest absolute Gasteiger partial charge is 0.151 e. The molecule has 2 saturated heterocycles. The van der Waals surface area contributed by atoms with Gasteiger partial charge in [-0.15, -0.1) is 10.2 Å². The van der Waals surface area contributed by atoms with Gasteiger partial charge in [-0.05, 0) is 62.7 Å². The molecule has 0 saturated carbocycles. The number of piperazine rings is 1. The van der Waals surface area contributed by atoms with Crippen molar-refractivity contribution in [3.05, 3.63) is 40.4 Å². The van der Waals surface area contributed by atoms with Crippen LogP contribution in [0.4, 0.5) is 5.82 Å². The van der Waals surface area contributed by atoms with E-state index in [-0.39, 0.29) is 0 Å². The Hall–Kier alpha value is -1.40. The molecule has 5 nitrogen and oxygen atoms in total. The van der Waals surface area contributed by atoms with Crippen LogP contribution in [0.25, 0.3) is 11.3 Å². The van der Waals surface area contributed by atoms with E-state index in [1.807, 2.05) is 24.3 Å². The molecule has 2 aliphatic rings. The summed E-state index contributed by atoms with van der Waals surface area (Å²) in [4.78, 5) is 7.40. The first-order valence-electron chi connectivity index (χ1n) is 10.0. The van der Waals surface area contributed by atoms with Crippen LogP contribution in [-0.2, 0) is 0 Å². The summed E-state index contributed by atoms with van der Waals surface area (Å²) in [7, 11) is 2.24. The third kappa shape index (κ3) is 4.95. The second kappa shape index (κ2) is 8.95. The number of benzene rings is 1. The van der Waals surface area contributed by atoms with Crippen molar-refractivity contribution in [2.45, 2.75) is 12.8 Å². The van der Waals surface area contributed by atoms with Gasteiger partial charge in [0.1, 0.15) is 0 Å². The fraction of sp³-hybridized carbons (Fsp3) is 0.524. The number of aromatic nitrogens is 2. The Balaban J connectivity index is 1.33. The van der Waals surface area contributed by atoms with Crippen LogP contribution in [0.15, 0.2) is 30.3 Å². The minimum Gasteiger partial charge on any atom is -0.353 e. The van der Waals surface area contributed by atoms with E-state index in [4.69, 9.17) is 23.2 Å². The summed E-state index contributed by atoms with van der Waals surface area (Å²) < 4.78 is 0. The predicted octanol–water partition coefficient (Wildman–Crippen LogP) is 3.91. The number of rotatable bonds is 4. The zero-order chi connectivity index (χ0) is 19.5. The molecule has 0 amide bonds. The van der Waals surface area contributed by atoms with Crippen LogP contribution in [0.2, 0.25) is 10.0 Å². The second-order valence-corrected chi connectivity index (χ2v) is 8.87. The van der Waals surface area contributed by atoms with Crippen molar-refractivity contribution in [3.63, 3.8) is 0 Å². The van der Waals surface area contributed by atoms with Crippen molar-refractivity contribution >= 4 is 29.0 Å². The Labute approximate surface area is 177 Å². The summed E-state index contributed by atoms with van der Waals surface area (Å²) in [6, 6.07) is 9.48. The quantitative estimate of drug-likeness (QED) is 0.750. The number of anilines is 1. The van der Waals surface area contributed by atoms with Crippen molar-refractivity contribution in [1.29, 1.82) is 0 Å². The molecule has 0 spiro atoms. The van der Waals surface area contributed by atoms with Crippen molar-refractivity contribution in [3.8, 4) is 11.3 Å². The molecular weight excluding hydrogens is 393 g/mol. The van der Waals surface area contributed by atoms with E-state index < -0.39 is 0 Å². The van der Waals surface area contributed by atoms with Gasteiger partial charge in [-0.1, -0.05) is 23.2 Å². The highest BCUT2D eigenvalue weighted by molar-refractivity contribution is 6.35. The monoisotopic (exact) mass is 419 g/mol. The van der Waals surface area contributed by atoms with Gasteiger partial charge < -0.3 is 9.80 Å². The van der Waals surface area contributed by atoms with Crippen molar-refractivity contribution in [1.82, 2.24) is 20.0 Å². The van der Waals surface area contributed by atoms with Gasteiger partial charge in [0.15, 0.2) is 5.82 Å². The fourth-order valence-corrected chi connectivity index (χ4v) is 4.82. The third-order valence-corrected chi connectivity index (χ3v) is 6.18. The van der Waals surface area contributed by atoms with Crippen molar-refractivity contribution in [2.24, 2.45) is 5.92 Å². The minimum absolute atomic E-state index is 0.605. The van der Waals surface area contributed by atoms with Gasteiger partial charge in [0.05, 0.1) is 5.69 Å². The standard InChI is InChI=1S/C21H27Cl2N5/c1-26-6-2-3-16(14-26)15-27-7-9-28(10-8-27)21-5-4-20(24-25-21)17-11-18(22)13-19(23)12-17/h4-5,11-13,16H,2-3,6-10,14-15H2,1H3. The molecule has 0 radical (unpaired) electrons. The predicted molar refractivity (Wildman–Crippen MR) is 116 cm³/mol. The van der Waals surface area contributed by atoms with Crippen molar-refractivity contribution in [2.75, 3.05) is 57.8 Å². The topological polar surface area (TPSA) is 35.5 Å². The second-order valence-electron chi connectivity index (χ2n) is 7.99. The molecule has 2 fully saturated rings. The Kier molecular flexibility index (Phi) is 6.36. The Morgan fingerprint density at radius 1 is 0.964 bits per heavy atom. The lowest BCUT2D eigenvalue weighted by Gasteiger charge is -2.38. The molecule has 1 atom stereocenters. The Morgan fingerprint density at radius 2 is 1.71 bits per heavy atom. The van der Waals surface area contributed by atoms with Crippen LogP contribution < -0.4 is 4.90 Å². The summed E-state index contributed by atoms with van der Waals surface area (Å²) in [5.41, 5.74) is 1.67. The molecule has 2 aliphatic heterocycles. The largest absolute Gasteiger partial charge is 0.353 e. The van der Waals surface area contributed by atoms with Gasteiger partial charge >= 0.3 is 0 Å². The Bertz CT molecular complexity index is 770. The van der Waals surface area contributed by atoms with Crippen LogP contribution in [0, 0.1) is 5.92 Å². The van der Waals surface area contributed by atoms with Crippen LogP contribution in [0.5, 0.6) is 0 Å². The van der Waals surface area contributed by atoms with Crippen LogP contribution in [0.1, 0.15) is 12.8 Å². The molecule has 4 rings (SSSR count). The number of hydrogen-bond donors (Lipinski definition) is 0. The van der Waals surface area contributed by atoms with Crippen molar-refractivity contribution < 1.29 is 0 Å². The molecule has 28 heavy (non-hydrogen) atoms. The molecule has 3 heterocycles. The third-order valence-electron chi connectivity index (χ3n) is 5.74. The molecule has 150 valence electrons. The zero-order valence-corrected chi connectivity index (χ0v) is 17.8. The molecular formula is C21H27Cl2N5. The number of hydrogen-bond acceptors (Lipinski definition) is 5. The maximum Gasteiger partial charge on any atom is 0.151 e. The average molecular weight is 420 g/mol. The number of likely N-dealkylation sites (tertiary alicyclic amines) is 1. The highest BCUT2D eigenvalue weighted by Gasteiger charge is 2.23. The molecule has 1 unspecified atom stereocenters. The molecule has 1 aromatic heterocycles. The van der Waals surface area contributed by atoms with E-state index in [0.29, 0.717) is 10.0 Å². The van der Waals surface area contributed by atoms with E-state index in [0.717, 1.165) is 49.2 Å². The summed E-state index contributed by atoms with van der Waals surface area (Å²) in [6.45, 7) is 7.89. The van der Waals surface area contributed by atoms with E-state index in [2.05, 4.69) is 31.9 Å². The summed E-state index contributed by atoms with van der Waals surface area (Å²) in [6.07, 6.45) is 2.70. The fourth-order valence-electron chi connectivity index (χ4n) is 4.30. The molecule has 2 aromatic rings. The SMILES string of the molecule is CN1CCCC(CN2CCN(c3ccc(-c4cc(Cl)cc(Cl)c4)nn3)CC2)C1. The van der Waals surface area contributed by atoms with Gasteiger partial charge in [0, 0.05) is 54.9 Å². The van der Waals surface area contributed by atoms with Gasteiger partial charge in [-0.3, -0.25) is 4.90 Å². The van der Waals surface area contributed by atoms with Gasteiger partial charge in [0.25, 0.3) is 0 Å². The molecule has 0 N–H and O–H groups in total. The number of halogens is 2. The molecule has 0 bridgehead atoms. The highest BCUT2D eigenvalue weighted by atomic mass is 35.5.